The number of anilines is 1. The first-order valence-corrected chi connectivity index (χ1v) is 10.8. The van der Waals surface area contributed by atoms with E-state index in [0.717, 1.165) is 24.4 Å². The third-order valence-corrected chi connectivity index (χ3v) is 7.01. The van der Waals surface area contributed by atoms with Crippen LogP contribution in [0.5, 0.6) is 0 Å². The Labute approximate surface area is 161 Å². The number of rotatable bonds is 5. The zero-order valence-electron chi connectivity index (χ0n) is 14.2. The zero-order chi connectivity index (χ0) is 18.7. The van der Waals surface area contributed by atoms with Crippen LogP contribution in [0.25, 0.3) is 0 Å². The maximum absolute atomic E-state index is 12.6. The van der Waals surface area contributed by atoms with Crippen LogP contribution in [0.2, 0.25) is 5.02 Å². The van der Waals surface area contributed by atoms with Crippen molar-refractivity contribution >= 4 is 44.0 Å². The third-order valence-electron chi connectivity index (χ3n) is 4.08. The molecule has 0 spiro atoms. The van der Waals surface area contributed by atoms with Gasteiger partial charge >= 0.3 is 0 Å². The number of hydrogen-bond acceptors (Lipinski definition) is 6. The second kappa shape index (κ2) is 7.91. The van der Waals surface area contributed by atoms with Crippen molar-refractivity contribution in [2.45, 2.75) is 18.2 Å². The van der Waals surface area contributed by atoms with Gasteiger partial charge in [-0.05, 0) is 24.6 Å². The Bertz CT molecular complexity index is 908. The Morgan fingerprint density at radius 2 is 2.12 bits per heavy atom. The number of halogens is 1. The molecule has 1 saturated heterocycles. The lowest BCUT2D eigenvalue weighted by Gasteiger charge is -2.27. The minimum Gasteiger partial charge on any atom is -0.340 e. The summed E-state index contributed by atoms with van der Waals surface area (Å²) < 4.78 is 27.6. The van der Waals surface area contributed by atoms with Gasteiger partial charge in [0.25, 0.3) is 10.0 Å². The van der Waals surface area contributed by atoms with E-state index in [9.17, 15) is 13.2 Å². The van der Waals surface area contributed by atoms with Crippen LogP contribution in [0.3, 0.4) is 0 Å². The van der Waals surface area contributed by atoms with Gasteiger partial charge in [-0.2, -0.15) is 0 Å². The fraction of sp³-hybridized carbons (Fsp3) is 0.375. The highest BCUT2D eigenvalue weighted by Gasteiger charge is 2.21. The van der Waals surface area contributed by atoms with Crippen molar-refractivity contribution in [3.63, 3.8) is 0 Å². The average Bonchev–Trinajstić information content (AvgIpc) is 3.04. The molecular formula is C16H19ClN4O3S2. The highest BCUT2D eigenvalue weighted by Crippen LogP contribution is 2.26. The normalized spacial score (nSPS) is 15.1. The molecule has 1 aliphatic rings. The summed E-state index contributed by atoms with van der Waals surface area (Å²) in [5.74, 6) is 0.0234. The van der Waals surface area contributed by atoms with E-state index in [1.54, 1.807) is 24.0 Å². The topological polar surface area (TPSA) is 91.4 Å². The highest BCUT2D eigenvalue weighted by atomic mass is 35.5. The summed E-state index contributed by atoms with van der Waals surface area (Å²) in [5, 5.41) is 3.81. The second-order valence-electron chi connectivity index (χ2n) is 5.91. The Hall–Kier alpha value is -1.68. The van der Waals surface area contributed by atoms with Gasteiger partial charge in [-0.3, -0.25) is 9.52 Å². The SMILES string of the molecule is Cc1c(Cl)cccc1S(=O)(=O)Nc1ncc(CC(=O)N2CCNCC2)s1. The fourth-order valence-corrected chi connectivity index (χ4v) is 5.20. The molecule has 1 amide bonds. The van der Waals surface area contributed by atoms with Crippen LogP contribution >= 0.6 is 22.9 Å². The zero-order valence-corrected chi connectivity index (χ0v) is 16.5. The number of nitrogens with one attached hydrogen (secondary N) is 2. The van der Waals surface area contributed by atoms with Gasteiger partial charge in [-0.25, -0.2) is 13.4 Å². The molecular weight excluding hydrogens is 396 g/mol. The van der Waals surface area contributed by atoms with Crippen LogP contribution in [-0.2, 0) is 21.2 Å². The van der Waals surface area contributed by atoms with Crippen molar-refractivity contribution in [1.29, 1.82) is 0 Å². The van der Waals surface area contributed by atoms with E-state index >= 15 is 0 Å². The number of amides is 1. The Morgan fingerprint density at radius 1 is 1.38 bits per heavy atom. The first kappa shape index (κ1) is 19.1. The van der Waals surface area contributed by atoms with Gasteiger partial charge < -0.3 is 10.2 Å². The van der Waals surface area contributed by atoms with Crippen LogP contribution in [-0.4, -0.2) is 50.4 Å². The van der Waals surface area contributed by atoms with Crippen molar-refractivity contribution in [1.82, 2.24) is 15.2 Å². The van der Waals surface area contributed by atoms with E-state index in [2.05, 4.69) is 15.0 Å². The number of carbonyl (C=O) groups excluding carboxylic acids is 1. The summed E-state index contributed by atoms with van der Waals surface area (Å²) in [6, 6.07) is 4.72. The molecule has 1 aromatic heterocycles. The number of hydrogen-bond donors (Lipinski definition) is 2. The van der Waals surface area contributed by atoms with Crippen LogP contribution < -0.4 is 10.0 Å². The number of nitrogens with zero attached hydrogens (tertiary/aromatic N) is 2. The average molecular weight is 415 g/mol. The molecule has 7 nitrogen and oxygen atoms in total. The van der Waals surface area contributed by atoms with Gasteiger partial charge in [-0.1, -0.05) is 17.7 Å². The van der Waals surface area contributed by atoms with Crippen LogP contribution in [0.4, 0.5) is 5.13 Å². The van der Waals surface area contributed by atoms with Crippen molar-refractivity contribution in [3.05, 3.63) is 39.9 Å². The van der Waals surface area contributed by atoms with E-state index in [1.807, 2.05) is 0 Å². The standard InChI is InChI=1S/C16H19ClN4O3S2/c1-11-13(17)3-2-4-14(11)26(23,24)20-16-19-10-12(25-16)9-15(22)21-7-5-18-6-8-21/h2-4,10,18H,5-9H2,1H3,(H,19,20). The smallest absolute Gasteiger partial charge is 0.263 e. The summed E-state index contributed by atoms with van der Waals surface area (Å²) in [6.45, 7) is 4.60. The van der Waals surface area contributed by atoms with Crippen LogP contribution in [0, 0.1) is 6.92 Å². The van der Waals surface area contributed by atoms with Crippen LogP contribution in [0.1, 0.15) is 10.4 Å². The summed E-state index contributed by atoms with van der Waals surface area (Å²) in [6.07, 6.45) is 1.75. The van der Waals surface area contributed by atoms with Gasteiger partial charge in [0, 0.05) is 42.3 Å². The molecule has 0 atom stereocenters. The minimum atomic E-state index is -3.79. The van der Waals surface area contributed by atoms with E-state index in [4.69, 9.17) is 11.6 Å². The Kier molecular flexibility index (Phi) is 5.81. The summed E-state index contributed by atoms with van der Waals surface area (Å²) in [5.41, 5.74) is 0.479. The molecule has 140 valence electrons. The molecule has 0 aliphatic carbocycles. The first-order chi connectivity index (χ1) is 12.4. The molecule has 2 heterocycles. The van der Waals surface area contributed by atoms with Crippen molar-refractivity contribution < 1.29 is 13.2 Å². The number of carbonyl (C=O) groups is 1. The monoisotopic (exact) mass is 414 g/mol. The summed E-state index contributed by atoms with van der Waals surface area (Å²) >= 11 is 7.17. The molecule has 2 N–H and O–H groups in total. The maximum Gasteiger partial charge on any atom is 0.263 e. The number of benzene rings is 1. The van der Waals surface area contributed by atoms with Gasteiger partial charge in [0.1, 0.15) is 0 Å². The number of thiazole rings is 1. The molecule has 26 heavy (non-hydrogen) atoms. The van der Waals surface area contributed by atoms with Gasteiger partial charge in [0.15, 0.2) is 5.13 Å². The predicted octanol–water partition coefficient (Wildman–Crippen LogP) is 1.88. The lowest BCUT2D eigenvalue weighted by Crippen LogP contribution is -2.46. The van der Waals surface area contributed by atoms with Crippen molar-refractivity contribution in [2.75, 3.05) is 30.9 Å². The summed E-state index contributed by atoms with van der Waals surface area (Å²) in [4.78, 5) is 19.0. The Morgan fingerprint density at radius 3 is 2.85 bits per heavy atom. The molecule has 0 radical (unpaired) electrons. The number of aromatic nitrogens is 1. The van der Waals surface area contributed by atoms with Gasteiger partial charge in [0.05, 0.1) is 11.3 Å². The lowest BCUT2D eigenvalue weighted by molar-refractivity contribution is -0.130. The largest absolute Gasteiger partial charge is 0.340 e. The molecule has 1 fully saturated rings. The maximum atomic E-state index is 12.6. The summed E-state index contributed by atoms with van der Waals surface area (Å²) in [7, 11) is -3.79. The van der Waals surface area contributed by atoms with Gasteiger partial charge in [-0.15, -0.1) is 11.3 Å². The van der Waals surface area contributed by atoms with E-state index in [0.29, 0.717) is 28.6 Å². The van der Waals surface area contributed by atoms with Crippen molar-refractivity contribution in [2.24, 2.45) is 0 Å². The third kappa shape index (κ3) is 4.35. The van der Waals surface area contributed by atoms with Gasteiger partial charge in [0.2, 0.25) is 5.91 Å². The molecule has 0 saturated carbocycles. The molecule has 0 bridgehead atoms. The molecule has 1 aromatic carbocycles. The van der Waals surface area contributed by atoms with Crippen LogP contribution in [0.15, 0.2) is 29.3 Å². The molecule has 1 aliphatic heterocycles. The first-order valence-electron chi connectivity index (χ1n) is 8.08. The van der Waals surface area contributed by atoms with Crippen molar-refractivity contribution in [3.8, 4) is 0 Å². The highest BCUT2D eigenvalue weighted by molar-refractivity contribution is 7.93. The number of piperazine rings is 1. The fourth-order valence-electron chi connectivity index (χ4n) is 2.66. The minimum absolute atomic E-state index is 0.0234. The molecule has 0 unspecified atom stereocenters. The second-order valence-corrected chi connectivity index (χ2v) is 9.08. The molecule has 3 rings (SSSR count). The Balaban J connectivity index is 1.69. The predicted molar refractivity (Wildman–Crippen MR) is 102 cm³/mol. The van der Waals surface area contributed by atoms with E-state index < -0.39 is 10.0 Å². The van der Waals surface area contributed by atoms with E-state index in [1.165, 1.54) is 12.3 Å². The number of sulfonamides is 1. The molecule has 2 aromatic rings. The lowest BCUT2D eigenvalue weighted by atomic mass is 10.2. The molecule has 10 heteroatoms. The quantitative estimate of drug-likeness (QED) is 0.779. The van der Waals surface area contributed by atoms with E-state index in [-0.39, 0.29) is 22.4 Å².